The number of anilines is 2. The van der Waals surface area contributed by atoms with Crippen LogP contribution in [-0.2, 0) is 0 Å². The smallest absolute Gasteiger partial charge is 0.409 e. The summed E-state index contributed by atoms with van der Waals surface area (Å²) < 4.78 is 115. The molecular formula is C33H26ClF7N6O4S. The van der Waals surface area contributed by atoms with E-state index in [0.717, 1.165) is 23.5 Å². The Morgan fingerprint density at radius 3 is 2.73 bits per heavy atom. The standard InChI is InChI=1S/C33H26ClF7N6O4S/c1-13(28(40)41)18-11-50-26-22-25(24(39)21(23(26)34)15-3-4-17(36)27-20(15)16(8-42)30(52-27)45-32(48)49)43-31(44-29(22)47(18)10-19(37)38)51-12-33-5-2-6-46(33)9-14(35)7-33/h3-4,14,18-19,28,45H,1-2,5-7,9-12H2,(H,48,49)/t14-,18-,33+/m1/s1. The lowest BCUT2D eigenvalue weighted by atomic mass is 9.95. The minimum Gasteiger partial charge on any atom is -0.489 e. The van der Waals surface area contributed by atoms with Crippen molar-refractivity contribution in [1.29, 1.82) is 5.26 Å². The normalized spacial score (nSPS) is 21.4. The first-order valence-corrected chi connectivity index (χ1v) is 17.0. The summed E-state index contributed by atoms with van der Waals surface area (Å²) in [6.45, 7) is 2.10. The number of nitrogens with zero attached hydrogens (tertiary/aromatic N) is 5. The van der Waals surface area contributed by atoms with Gasteiger partial charge >= 0.3 is 12.1 Å². The summed E-state index contributed by atoms with van der Waals surface area (Å²) in [5, 5.41) is 20.0. The number of carboxylic acid groups (broad SMARTS) is 1. The van der Waals surface area contributed by atoms with E-state index in [1.807, 2.05) is 16.3 Å². The van der Waals surface area contributed by atoms with Crippen molar-refractivity contribution in [2.45, 2.75) is 49.9 Å². The van der Waals surface area contributed by atoms with Crippen LogP contribution < -0.4 is 19.7 Å². The lowest BCUT2D eigenvalue weighted by molar-refractivity contribution is 0.107. The number of alkyl halides is 5. The van der Waals surface area contributed by atoms with E-state index in [1.54, 1.807) is 0 Å². The molecule has 2 aromatic heterocycles. The van der Waals surface area contributed by atoms with Gasteiger partial charge in [0.15, 0.2) is 11.6 Å². The SMILES string of the molecule is C=C(C(F)F)[C@H]1COc2c(Cl)c(-c3ccc(F)c4sc(NC(=O)O)c(C#N)c34)c(F)c3nc(OC[C@@]45CCCN4C[C@H](F)C5)nc(c23)N1CC(F)F. The van der Waals surface area contributed by atoms with Crippen LogP contribution in [0.25, 0.3) is 32.1 Å². The van der Waals surface area contributed by atoms with E-state index in [1.165, 1.54) is 0 Å². The molecule has 2 fully saturated rings. The van der Waals surface area contributed by atoms with Gasteiger partial charge in [0.1, 0.15) is 47.6 Å². The second-order valence-electron chi connectivity index (χ2n) is 12.6. The highest BCUT2D eigenvalue weighted by Crippen LogP contribution is 2.52. The van der Waals surface area contributed by atoms with Gasteiger partial charge in [0.25, 0.3) is 12.9 Å². The van der Waals surface area contributed by atoms with Crippen molar-refractivity contribution >= 4 is 60.8 Å². The van der Waals surface area contributed by atoms with Crippen LogP contribution in [-0.4, -0.2) is 89.5 Å². The van der Waals surface area contributed by atoms with E-state index in [4.69, 9.17) is 21.1 Å². The molecule has 7 rings (SSSR count). The van der Waals surface area contributed by atoms with Crippen molar-refractivity contribution < 1.29 is 50.1 Å². The summed E-state index contributed by atoms with van der Waals surface area (Å²) in [6, 6.07) is 1.67. The van der Waals surface area contributed by atoms with E-state index >= 15 is 8.78 Å². The number of nitriles is 1. The van der Waals surface area contributed by atoms with Gasteiger partial charge < -0.3 is 19.5 Å². The zero-order chi connectivity index (χ0) is 37.2. The maximum Gasteiger partial charge on any atom is 0.409 e. The van der Waals surface area contributed by atoms with Gasteiger partial charge in [-0.3, -0.25) is 10.2 Å². The van der Waals surface area contributed by atoms with Gasteiger partial charge in [-0.2, -0.15) is 15.2 Å². The lowest BCUT2D eigenvalue weighted by Crippen LogP contribution is -2.45. The molecule has 4 aromatic rings. The molecular weight excluding hydrogens is 745 g/mol. The van der Waals surface area contributed by atoms with Crippen LogP contribution in [0.2, 0.25) is 5.02 Å². The van der Waals surface area contributed by atoms with Gasteiger partial charge in [-0.15, -0.1) is 11.3 Å². The Morgan fingerprint density at radius 2 is 2.04 bits per heavy atom. The molecule has 2 aromatic carbocycles. The number of thiophene rings is 1. The Labute approximate surface area is 299 Å². The molecule has 3 atom stereocenters. The van der Waals surface area contributed by atoms with E-state index in [9.17, 15) is 37.1 Å². The largest absolute Gasteiger partial charge is 0.489 e. The fraction of sp³-hybridized carbons (Fsp3) is 0.394. The molecule has 0 radical (unpaired) electrons. The van der Waals surface area contributed by atoms with Crippen LogP contribution in [0.1, 0.15) is 24.8 Å². The fourth-order valence-electron chi connectivity index (χ4n) is 7.41. The van der Waals surface area contributed by atoms with Gasteiger partial charge in [0.2, 0.25) is 0 Å². The molecule has 1 amide bonds. The van der Waals surface area contributed by atoms with Crippen molar-refractivity contribution in [3.8, 4) is 29.0 Å². The zero-order valence-corrected chi connectivity index (χ0v) is 28.2. The highest BCUT2D eigenvalue weighted by Gasteiger charge is 2.49. The molecule has 3 aliphatic rings. The average molecular weight is 771 g/mol. The number of hydrogen-bond donors (Lipinski definition) is 2. The summed E-state index contributed by atoms with van der Waals surface area (Å²) >= 11 is 7.40. The maximum absolute atomic E-state index is 17.2. The minimum absolute atomic E-state index is 0.133. The fourth-order valence-corrected chi connectivity index (χ4v) is 8.82. The second-order valence-corrected chi connectivity index (χ2v) is 14.0. The summed E-state index contributed by atoms with van der Waals surface area (Å²) in [5.41, 5.74) is -3.22. The van der Waals surface area contributed by atoms with Crippen molar-refractivity contribution in [3.63, 3.8) is 0 Å². The molecule has 3 aliphatic heterocycles. The van der Waals surface area contributed by atoms with E-state index < -0.39 is 101 Å². The molecule has 0 aliphatic carbocycles. The number of amides is 1. The van der Waals surface area contributed by atoms with Crippen LogP contribution in [0.4, 0.5) is 46.3 Å². The summed E-state index contributed by atoms with van der Waals surface area (Å²) in [5.74, 6) is -2.98. The maximum atomic E-state index is 17.2. The van der Waals surface area contributed by atoms with E-state index in [2.05, 4.69) is 16.5 Å². The molecule has 0 unspecified atom stereocenters. The number of nitrogens with one attached hydrogen (secondary N) is 1. The van der Waals surface area contributed by atoms with Gasteiger partial charge in [0, 0.05) is 29.5 Å². The van der Waals surface area contributed by atoms with Crippen LogP contribution in [0.15, 0.2) is 24.3 Å². The predicted molar refractivity (Wildman–Crippen MR) is 178 cm³/mol. The number of rotatable bonds is 9. The number of aromatic nitrogens is 2. The molecule has 52 heavy (non-hydrogen) atoms. The van der Waals surface area contributed by atoms with Crippen LogP contribution >= 0.6 is 22.9 Å². The highest BCUT2D eigenvalue weighted by atomic mass is 35.5. The molecule has 19 heteroatoms. The van der Waals surface area contributed by atoms with Gasteiger partial charge in [-0.25, -0.2) is 35.5 Å². The molecule has 274 valence electrons. The zero-order valence-electron chi connectivity index (χ0n) is 26.7. The third-order valence-electron chi connectivity index (χ3n) is 9.64. The molecule has 0 spiro atoms. The molecule has 2 N–H and O–H groups in total. The molecule has 0 bridgehead atoms. The van der Waals surface area contributed by atoms with Crippen LogP contribution in [0.5, 0.6) is 11.8 Å². The predicted octanol–water partition coefficient (Wildman–Crippen LogP) is 8.01. The van der Waals surface area contributed by atoms with E-state index in [-0.39, 0.29) is 51.2 Å². The first-order valence-electron chi connectivity index (χ1n) is 15.8. The highest BCUT2D eigenvalue weighted by molar-refractivity contribution is 7.23. The van der Waals surface area contributed by atoms with Crippen LogP contribution in [0.3, 0.4) is 0 Å². The van der Waals surface area contributed by atoms with E-state index in [0.29, 0.717) is 24.3 Å². The summed E-state index contributed by atoms with van der Waals surface area (Å²) in [7, 11) is 0. The number of halogens is 8. The van der Waals surface area contributed by atoms with Crippen LogP contribution in [0, 0.1) is 23.0 Å². The molecule has 0 saturated carbocycles. The Bertz CT molecular complexity index is 2180. The Hall–Kier alpha value is -4.60. The first-order chi connectivity index (χ1) is 24.7. The minimum atomic E-state index is -3.20. The number of carbonyl (C=O) groups is 1. The topological polar surface area (TPSA) is 124 Å². The monoisotopic (exact) mass is 770 g/mol. The molecule has 10 nitrogen and oxygen atoms in total. The Kier molecular flexibility index (Phi) is 9.24. The van der Waals surface area contributed by atoms with Gasteiger partial charge in [-0.1, -0.05) is 24.2 Å². The van der Waals surface area contributed by atoms with Crippen molar-refractivity contribution in [1.82, 2.24) is 14.9 Å². The number of benzene rings is 2. The van der Waals surface area contributed by atoms with Crippen molar-refractivity contribution in [2.75, 3.05) is 43.1 Å². The molecule has 2 saturated heterocycles. The quantitative estimate of drug-likeness (QED) is 0.129. The Morgan fingerprint density at radius 1 is 1.27 bits per heavy atom. The summed E-state index contributed by atoms with van der Waals surface area (Å²) in [4.78, 5) is 22.8. The van der Waals surface area contributed by atoms with Gasteiger partial charge in [-0.05, 0) is 31.0 Å². The van der Waals surface area contributed by atoms with Crippen molar-refractivity contribution in [3.05, 3.63) is 46.5 Å². The number of fused-ring (bicyclic) bond motifs is 2. The number of ether oxygens (including phenoxy) is 2. The van der Waals surface area contributed by atoms with Gasteiger partial charge in [0.05, 0.1) is 38.8 Å². The third kappa shape index (κ3) is 5.88. The summed E-state index contributed by atoms with van der Waals surface area (Å²) in [6.07, 6.45) is -7.55. The number of hydrogen-bond acceptors (Lipinski definition) is 9. The molecule has 5 heterocycles. The van der Waals surface area contributed by atoms with Crippen molar-refractivity contribution in [2.24, 2.45) is 0 Å². The lowest BCUT2D eigenvalue weighted by Gasteiger charge is -2.32. The third-order valence-corrected chi connectivity index (χ3v) is 11.1. The first kappa shape index (κ1) is 35.8. The Balaban J connectivity index is 1.49. The average Bonchev–Trinajstić information content (AvgIpc) is 3.71. The second kappa shape index (κ2) is 13.4.